The summed E-state index contributed by atoms with van der Waals surface area (Å²) in [7, 11) is 0. The second-order valence-corrected chi connectivity index (χ2v) is 6.41. The van der Waals surface area contributed by atoms with Crippen LogP contribution in [-0.4, -0.2) is 28.3 Å². The minimum atomic E-state index is -0.852. The minimum Gasteiger partial charge on any atom is -0.481 e. The Kier molecular flexibility index (Phi) is 6.88. The van der Waals surface area contributed by atoms with Crippen molar-refractivity contribution < 1.29 is 14.7 Å². The molecule has 0 bridgehead atoms. The molecule has 0 aliphatic carbocycles. The van der Waals surface area contributed by atoms with Crippen LogP contribution >= 0.6 is 23.4 Å². The number of aliphatic carboxylic acids is 1. The van der Waals surface area contributed by atoms with Crippen LogP contribution in [-0.2, 0) is 9.59 Å². The number of hydrogen-bond acceptors (Lipinski definition) is 3. The van der Waals surface area contributed by atoms with Gasteiger partial charge < -0.3 is 10.4 Å². The van der Waals surface area contributed by atoms with E-state index in [1.165, 1.54) is 11.8 Å². The molecule has 0 radical (unpaired) electrons. The molecule has 0 aromatic heterocycles. The lowest BCUT2D eigenvalue weighted by atomic mass is 10.2. The maximum atomic E-state index is 12.0. The topological polar surface area (TPSA) is 66.4 Å². The summed E-state index contributed by atoms with van der Waals surface area (Å²) < 4.78 is 0. The molecule has 6 heteroatoms. The van der Waals surface area contributed by atoms with Gasteiger partial charge in [-0.05, 0) is 44.5 Å². The van der Waals surface area contributed by atoms with Crippen molar-refractivity contribution in [1.29, 1.82) is 0 Å². The van der Waals surface area contributed by atoms with Gasteiger partial charge in [0.2, 0.25) is 5.91 Å². The fourth-order valence-electron chi connectivity index (χ4n) is 1.54. The molecule has 1 rings (SSSR count). The van der Waals surface area contributed by atoms with Gasteiger partial charge >= 0.3 is 5.97 Å². The van der Waals surface area contributed by atoms with E-state index in [0.29, 0.717) is 11.4 Å². The van der Waals surface area contributed by atoms with E-state index in [2.05, 4.69) is 5.32 Å². The highest BCUT2D eigenvalue weighted by molar-refractivity contribution is 8.00. The number of nitrogens with one attached hydrogen (secondary N) is 1. The summed E-state index contributed by atoms with van der Waals surface area (Å²) in [6, 6.07) is 7.15. The van der Waals surface area contributed by atoms with E-state index in [9.17, 15) is 9.59 Å². The third-order valence-corrected chi connectivity index (χ3v) is 4.04. The van der Waals surface area contributed by atoms with Crippen LogP contribution in [0.25, 0.3) is 0 Å². The van der Waals surface area contributed by atoms with Crippen molar-refractivity contribution in [1.82, 2.24) is 5.32 Å². The molecule has 0 saturated carbocycles. The highest BCUT2D eigenvalue weighted by Crippen LogP contribution is 2.24. The standard InChI is InChI=1S/C14H18ClNO3S/c1-9(3-8-13(17)18)16-14(19)10(2)20-12-6-4-11(15)5-7-12/h4-7,9-10H,3,8H2,1-2H3,(H,16,19)(H,17,18). The predicted molar refractivity (Wildman–Crippen MR) is 81.2 cm³/mol. The number of rotatable bonds is 7. The highest BCUT2D eigenvalue weighted by Gasteiger charge is 2.16. The van der Waals surface area contributed by atoms with Gasteiger partial charge in [-0.3, -0.25) is 9.59 Å². The van der Waals surface area contributed by atoms with Crippen LogP contribution < -0.4 is 5.32 Å². The Morgan fingerprint density at radius 3 is 2.45 bits per heavy atom. The number of benzene rings is 1. The molecule has 2 unspecified atom stereocenters. The molecule has 0 fully saturated rings. The van der Waals surface area contributed by atoms with Crippen molar-refractivity contribution >= 4 is 35.2 Å². The van der Waals surface area contributed by atoms with Gasteiger partial charge in [0.25, 0.3) is 0 Å². The van der Waals surface area contributed by atoms with E-state index in [4.69, 9.17) is 16.7 Å². The van der Waals surface area contributed by atoms with Crippen molar-refractivity contribution in [3.63, 3.8) is 0 Å². The molecular weight excluding hydrogens is 298 g/mol. The minimum absolute atomic E-state index is 0.0557. The monoisotopic (exact) mass is 315 g/mol. The van der Waals surface area contributed by atoms with Gasteiger partial charge in [-0.1, -0.05) is 11.6 Å². The summed E-state index contributed by atoms with van der Waals surface area (Å²) in [5.74, 6) is -0.947. The molecule has 1 aromatic rings. The van der Waals surface area contributed by atoms with Crippen LogP contribution in [0.1, 0.15) is 26.7 Å². The van der Waals surface area contributed by atoms with Crippen molar-refractivity contribution in [3.05, 3.63) is 29.3 Å². The first kappa shape index (κ1) is 16.9. The van der Waals surface area contributed by atoms with Crippen LogP contribution in [0.3, 0.4) is 0 Å². The van der Waals surface area contributed by atoms with Gasteiger partial charge in [0, 0.05) is 22.4 Å². The average Bonchev–Trinajstić information content (AvgIpc) is 2.39. The van der Waals surface area contributed by atoms with E-state index in [1.807, 2.05) is 19.1 Å². The van der Waals surface area contributed by atoms with E-state index >= 15 is 0 Å². The first-order valence-electron chi connectivity index (χ1n) is 6.33. The molecule has 1 aromatic carbocycles. The summed E-state index contributed by atoms with van der Waals surface area (Å²) in [6.07, 6.45) is 0.486. The molecule has 0 aliphatic heterocycles. The zero-order valence-corrected chi connectivity index (χ0v) is 13.0. The molecular formula is C14H18ClNO3S. The Labute approximate surface area is 127 Å². The number of thioether (sulfide) groups is 1. The van der Waals surface area contributed by atoms with Gasteiger partial charge in [-0.15, -0.1) is 11.8 Å². The lowest BCUT2D eigenvalue weighted by Crippen LogP contribution is -2.37. The molecule has 4 nitrogen and oxygen atoms in total. The fourth-order valence-corrected chi connectivity index (χ4v) is 2.55. The number of halogens is 1. The zero-order chi connectivity index (χ0) is 15.1. The third kappa shape index (κ3) is 6.30. The molecule has 0 aliphatic rings. The Morgan fingerprint density at radius 1 is 1.30 bits per heavy atom. The lowest BCUT2D eigenvalue weighted by Gasteiger charge is -2.16. The third-order valence-electron chi connectivity index (χ3n) is 2.68. The van der Waals surface area contributed by atoms with Crippen LogP contribution in [0.15, 0.2) is 29.2 Å². The van der Waals surface area contributed by atoms with Crippen molar-refractivity contribution in [2.45, 2.75) is 42.9 Å². The van der Waals surface area contributed by atoms with Crippen molar-refractivity contribution in [2.24, 2.45) is 0 Å². The van der Waals surface area contributed by atoms with E-state index in [1.54, 1.807) is 19.1 Å². The Hall–Kier alpha value is -1.20. The normalized spacial score (nSPS) is 13.6. The van der Waals surface area contributed by atoms with Crippen LogP contribution in [0.2, 0.25) is 5.02 Å². The van der Waals surface area contributed by atoms with Crippen LogP contribution in [0.5, 0.6) is 0 Å². The summed E-state index contributed by atoms with van der Waals surface area (Å²) in [5.41, 5.74) is 0. The first-order valence-corrected chi connectivity index (χ1v) is 7.58. The van der Waals surface area contributed by atoms with E-state index < -0.39 is 5.97 Å². The zero-order valence-electron chi connectivity index (χ0n) is 11.4. The molecule has 2 atom stereocenters. The average molecular weight is 316 g/mol. The van der Waals surface area contributed by atoms with Gasteiger partial charge in [0.15, 0.2) is 0 Å². The number of amides is 1. The quantitative estimate of drug-likeness (QED) is 0.758. The second-order valence-electron chi connectivity index (χ2n) is 4.56. The molecule has 0 spiro atoms. The van der Waals surface area contributed by atoms with E-state index in [-0.39, 0.29) is 23.6 Å². The Bertz CT molecular complexity index is 464. The number of hydrogen-bond donors (Lipinski definition) is 2. The maximum Gasteiger partial charge on any atom is 0.303 e. The van der Waals surface area contributed by atoms with Crippen molar-refractivity contribution in [3.8, 4) is 0 Å². The lowest BCUT2D eigenvalue weighted by molar-refractivity contribution is -0.137. The van der Waals surface area contributed by atoms with Gasteiger partial charge in [-0.2, -0.15) is 0 Å². The molecule has 0 heterocycles. The Balaban J connectivity index is 2.42. The molecule has 0 saturated heterocycles. The largest absolute Gasteiger partial charge is 0.481 e. The first-order chi connectivity index (χ1) is 9.38. The summed E-state index contributed by atoms with van der Waals surface area (Å²) in [5, 5.41) is 11.8. The van der Waals surface area contributed by atoms with Crippen molar-refractivity contribution in [2.75, 3.05) is 0 Å². The Morgan fingerprint density at radius 2 is 1.90 bits per heavy atom. The van der Waals surface area contributed by atoms with Gasteiger partial charge in [0.05, 0.1) is 5.25 Å². The van der Waals surface area contributed by atoms with Crippen LogP contribution in [0.4, 0.5) is 0 Å². The molecule has 1 amide bonds. The predicted octanol–water partition coefficient (Wildman–Crippen LogP) is 3.19. The fraction of sp³-hybridized carbons (Fsp3) is 0.429. The number of carboxylic acid groups (broad SMARTS) is 1. The molecule has 20 heavy (non-hydrogen) atoms. The maximum absolute atomic E-state index is 12.0. The smallest absolute Gasteiger partial charge is 0.303 e. The SMILES string of the molecule is CC(CCC(=O)O)NC(=O)C(C)Sc1ccc(Cl)cc1. The summed E-state index contributed by atoms with van der Waals surface area (Å²) in [6.45, 7) is 3.62. The number of carboxylic acids is 1. The van der Waals surface area contributed by atoms with E-state index in [0.717, 1.165) is 4.90 Å². The highest BCUT2D eigenvalue weighted by atomic mass is 35.5. The second kappa shape index (κ2) is 8.17. The summed E-state index contributed by atoms with van der Waals surface area (Å²) in [4.78, 5) is 23.4. The molecule has 110 valence electrons. The van der Waals surface area contributed by atoms with Gasteiger partial charge in [0.1, 0.15) is 0 Å². The van der Waals surface area contributed by atoms with Crippen LogP contribution in [0, 0.1) is 0 Å². The summed E-state index contributed by atoms with van der Waals surface area (Å²) >= 11 is 7.24. The number of carbonyl (C=O) groups is 2. The number of carbonyl (C=O) groups excluding carboxylic acids is 1. The van der Waals surface area contributed by atoms with Gasteiger partial charge in [-0.25, -0.2) is 0 Å². The molecule has 2 N–H and O–H groups in total.